The molecule has 31 heavy (non-hydrogen) atoms. The summed E-state index contributed by atoms with van der Waals surface area (Å²) in [4.78, 5) is 14.3. The lowest BCUT2D eigenvalue weighted by Gasteiger charge is -2.30. The van der Waals surface area contributed by atoms with Crippen LogP contribution < -0.4 is 4.74 Å². The Morgan fingerprint density at radius 3 is 2.39 bits per heavy atom. The van der Waals surface area contributed by atoms with Crippen molar-refractivity contribution in [2.24, 2.45) is 11.8 Å². The van der Waals surface area contributed by atoms with Gasteiger partial charge in [-0.2, -0.15) is 13.2 Å². The summed E-state index contributed by atoms with van der Waals surface area (Å²) in [5.74, 6) is 0.0247. The fourth-order valence-electron chi connectivity index (χ4n) is 4.87. The standard InChI is InChI=1S/C25H30F3NO2/c1-17-10-12-29(13-11-17)15-18-2-8-22-19(14-18)3-9-24(23(22)16-30)31-21-6-4-20(5-7-21)25(26,27)28/h2-3,8-9,14,16-17,20-21H,4-7,10-13,15H2,1H3. The number of hydrogen-bond acceptors (Lipinski definition) is 3. The van der Waals surface area contributed by atoms with Gasteiger partial charge in [-0.25, -0.2) is 0 Å². The second-order valence-corrected chi connectivity index (χ2v) is 9.24. The normalized spacial score (nSPS) is 23.7. The maximum Gasteiger partial charge on any atom is 0.391 e. The molecule has 1 aliphatic carbocycles. The van der Waals surface area contributed by atoms with Crippen LogP contribution in [0.25, 0.3) is 10.8 Å². The largest absolute Gasteiger partial charge is 0.490 e. The number of ether oxygens (including phenoxy) is 1. The van der Waals surface area contributed by atoms with Crippen molar-refractivity contribution in [1.82, 2.24) is 4.90 Å². The van der Waals surface area contributed by atoms with E-state index in [9.17, 15) is 18.0 Å². The van der Waals surface area contributed by atoms with Gasteiger partial charge in [-0.1, -0.05) is 25.1 Å². The minimum absolute atomic E-state index is 0.0802. The monoisotopic (exact) mass is 433 g/mol. The van der Waals surface area contributed by atoms with E-state index in [2.05, 4.69) is 24.0 Å². The third-order valence-corrected chi connectivity index (χ3v) is 6.92. The van der Waals surface area contributed by atoms with Gasteiger partial charge in [-0.05, 0) is 86.0 Å². The summed E-state index contributed by atoms with van der Waals surface area (Å²) >= 11 is 0. The summed E-state index contributed by atoms with van der Waals surface area (Å²) in [6.45, 7) is 5.43. The first kappa shape index (κ1) is 22.1. The van der Waals surface area contributed by atoms with E-state index in [0.29, 0.717) is 24.2 Å². The first-order chi connectivity index (χ1) is 14.8. The molecule has 168 valence electrons. The van der Waals surface area contributed by atoms with Crippen LogP contribution in [-0.4, -0.2) is 36.6 Å². The number of hydrogen-bond donors (Lipinski definition) is 0. The Hall–Kier alpha value is -2.08. The topological polar surface area (TPSA) is 29.5 Å². The van der Waals surface area contributed by atoms with E-state index in [0.717, 1.165) is 42.6 Å². The molecule has 1 aliphatic heterocycles. The average molecular weight is 434 g/mol. The van der Waals surface area contributed by atoms with Crippen molar-refractivity contribution in [2.75, 3.05) is 13.1 Å². The second-order valence-electron chi connectivity index (χ2n) is 9.24. The smallest absolute Gasteiger partial charge is 0.391 e. The number of carbonyl (C=O) groups excluding carboxylic acids is 1. The molecule has 2 aromatic carbocycles. The minimum atomic E-state index is -4.13. The molecule has 1 heterocycles. The van der Waals surface area contributed by atoms with Gasteiger partial charge in [0.25, 0.3) is 0 Å². The third kappa shape index (κ3) is 5.22. The van der Waals surface area contributed by atoms with Gasteiger partial charge in [-0.3, -0.25) is 9.69 Å². The number of fused-ring (bicyclic) bond motifs is 1. The predicted molar refractivity (Wildman–Crippen MR) is 115 cm³/mol. The number of nitrogens with zero attached hydrogens (tertiary/aromatic N) is 1. The second kappa shape index (κ2) is 9.19. The first-order valence-corrected chi connectivity index (χ1v) is 11.3. The molecule has 4 rings (SSSR count). The molecular weight excluding hydrogens is 403 g/mol. The Labute approximate surface area is 181 Å². The molecule has 2 aliphatic rings. The fourth-order valence-corrected chi connectivity index (χ4v) is 4.87. The van der Waals surface area contributed by atoms with E-state index in [-0.39, 0.29) is 18.9 Å². The van der Waals surface area contributed by atoms with E-state index in [4.69, 9.17) is 4.74 Å². The molecule has 3 nitrogen and oxygen atoms in total. The molecule has 1 saturated carbocycles. The van der Waals surface area contributed by atoms with Crippen molar-refractivity contribution in [3.8, 4) is 5.75 Å². The lowest BCUT2D eigenvalue weighted by Crippen LogP contribution is -2.32. The maximum atomic E-state index is 12.9. The van der Waals surface area contributed by atoms with Crippen LogP contribution in [0.1, 0.15) is 61.4 Å². The van der Waals surface area contributed by atoms with Crippen LogP contribution in [-0.2, 0) is 6.54 Å². The molecule has 0 aromatic heterocycles. The summed E-state index contributed by atoms with van der Waals surface area (Å²) in [6, 6.07) is 9.88. The van der Waals surface area contributed by atoms with Crippen molar-refractivity contribution in [3.05, 3.63) is 41.5 Å². The predicted octanol–water partition coefficient (Wildman–Crippen LogP) is 6.38. The molecule has 2 fully saturated rings. The molecule has 0 bridgehead atoms. The lowest BCUT2D eigenvalue weighted by atomic mass is 9.87. The molecule has 0 N–H and O–H groups in total. The third-order valence-electron chi connectivity index (χ3n) is 6.92. The van der Waals surface area contributed by atoms with E-state index in [1.165, 1.54) is 18.4 Å². The number of alkyl halides is 3. The summed E-state index contributed by atoms with van der Waals surface area (Å²) in [5.41, 5.74) is 1.70. The van der Waals surface area contributed by atoms with Gasteiger partial charge in [0.05, 0.1) is 17.6 Å². The van der Waals surface area contributed by atoms with Crippen LogP contribution in [0.2, 0.25) is 0 Å². The number of rotatable bonds is 5. The highest BCUT2D eigenvalue weighted by Gasteiger charge is 2.41. The van der Waals surface area contributed by atoms with Crippen LogP contribution in [0.15, 0.2) is 30.3 Å². The number of benzene rings is 2. The fraction of sp³-hybridized carbons (Fsp3) is 0.560. The minimum Gasteiger partial charge on any atom is -0.490 e. The summed E-state index contributed by atoms with van der Waals surface area (Å²) in [5, 5.41) is 1.81. The molecule has 0 spiro atoms. The molecular formula is C25H30F3NO2. The van der Waals surface area contributed by atoms with Crippen molar-refractivity contribution >= 4 is 17.1 Å². The van der Waals surface area contributed by atoms with Crippen LogP contribution in [0.4, 0.5) is 13.2 Å². The van der Waals surface area contributed by atoms with Crippen LogP contribution in [0.3, 0.4) is 0 Å². The number of halogens is 3. The van der Waals surface area contributed by atoms with E-state index < -0.39 is 12.1 Å². The van der Waals surface area contributed by atoms with Gasteiger partial charge in [0, 0.05) is 6.54 Å². The Balaban J connectivity index is 1.46. The van der Waals surface area contributed by atoms with Gasteiger partial charge in [-0.15, -0.1) is 0 Å². The molecule has 0 radical (unpaired) electrons. The lowest BCUT2D eigenvalue weighted by molar-refractivity contribution is -0.185. The maximum absolute atomic E-state index is 12.9. The SMILES string of the molecule is CC1CCN(Cc2ccc3c(C=O)c(OC4CCC(C(F)(F)F)CC4)ccc3c2)CC1. The summed E-state index contributed by atoms with van der Waals surface area (Å²) in [6.07, 6.45) is -0.287. The molecule has 6 heteroatoms. The van der Waals surface area contributed by atoms with Gasteiger partial charge in [0.1, 0.15) is 5.75 Å². The van der Waals surface area contributed by atoms with Crippen molar-refractivity contribution in [2.45, 2.75) is 64.3 Å². The number of aldehydes is 1. The zero-order chi connectivity index (χ0) is 22.0. The van der Waals surface area contributed by atoms with Crippen LogP contribution in [0, 0.1) is 11.8 Å². The van der Waals surface area contributed by atoms with Gasteiger partial charge in [0.2, 0.25) is 0 Å². The Kier molecular flexibility index (Phi) is 6.56. The number of carbonyl (C=O) groups is 1. The molecule has 0 unspecified atom stereocenters. The Bertz CT molecular complexity index is 911. The highest BCUT2D eigenvalue weighted by atomic mass is 19.4. The van der Waals surface area contributed by atoms with Gasteiger partial charge < -0.3 is 4.74 Å². The number of likely N-dealkylation sites (tertiary alicyclic amines) is 1. The van der Waals surface area contributed by atoms with Crippen LogP contribution >= 0.6 is 0 Å². The zero-order valence-electron chi connectivity index (χ0n) is 18.0. The highest BCUT2D eigenvalue weighted by Crippen LogP contribution is 2.39. The van der Waals surface area contributed by atoms with E-state index >= 15 is 0 Å². The average Bonchev–Trinajstić information content (AvgIpc) is 2.75. The Morgan fingerprint density at radius 1 is 1.03 bits per heavy atom. The van der Waals surface area contributed by atoms with Gasteiger partial charge in [0.15, 0.2) is 6.29 Å². The quantitative estimate of drug-likeness (QED) is 0.512. The zero-order valence-corrected chi connectivity index (χ0v) is 18.0. The summed E-state index contributed by atoms with van der Waals surface area (Å²) < 4.78 is 44.7. The van der Waals surface area contributed by atoms with Crippen LogP contribution in [0.5, 0.6) is 5.75 Å². The molecule has 0 amide bonds. The highest BCUT2D eigenvalue weighted by molar-refractivity contribution is 6.01. The van der Waals surface area contributed by atoms with E-state index in [1.54, 1.807) is 6.07 Å². The van der Waals surface area contributed by atoms with Gasteiger partial charge >= 0.3 is 6.18 Å². The summed E-state index contributed by atoms with van der Waals surface area (Å²) in [7, 11) is 0. The first-order valence-electron chi connectivity index (χ1n) is 11.3. The van der Waals surface area contributed by atoms with Crippen molar-refractivity contribution in [3.63, 3.8) is 0 Å². The molecule has 0 atom stereocenters. The Morgan fingerprint density at radius 2 is 1.74 bits per heavy atom. The van der Waals surface area contributed by atoms with Crippen molar-refractivity contribution < 1.29 is 22.7 Å². The van der Waals surface area contributed by atoms with E-state index in [1.807, 2.05) is 12.1 Å². The van der Waals surface area contributed by atoms with Crippen molar-refractivity contribution in [1.29, 1.82) is 0 Å². The molecule has 1 saturated heterocycles. The number of piperidine rings is 1. The molecule has 2 aromatic rings.